The van der Waals surface area contributed by atoms with Gasteiger partial charge in [-0.1, -0.05) is 0 Å². The molecule has 0 bridgehead atoms. The number of rotatable bonds is 1. The lowest BCUT2D eigenvalue weighted by atomic mass is 9.83. The molecule has 0 spiro atoms. The minimum Gasteiger partial charge on any atom is -0.359 e. The Morgan fingerprint density at radius 1 is 1.70 bits per heavy atom. The van der Waals surface area contributed by atoms with E-state index >= 15 is 0 Å². The highest BCUT2D eigenvalue weighted by atomic mass is 127. The maximum Gasteiger partial charge on any atom is 0.228 e. The first-order valence-electron chi connectivity index (χ1n) is 3.21. The summed E-state index contributed by atoms with van der Waals surface area (Å²) in [7, 11) is 1.68. The second-order valence-electron chi connectivity index (χ2n) is 2.92. The molecular weight excluding hydrogens is 243 g/mol. The standard InChI is InChI=1S/C6H11IN2O/c1-6(5(10)8-2)3-9(7)4-6/h3-4H2,1-2H3,(H,8,10). The maximum atomic E-state index is 11.1. The fourth-order valence-electron chi connectivity index (χ4n) is 1.16. The number of amides is 1. The fourth-order valence-corrected chi connectivity index (χ4v) is 2.66. The third-order valence-corrected chi connectivity index (χ3v) is 2.50. The zero-order valence-electron chi connectivity index (χ0n) is 6.15. The van der Waals surface area contributed by atoms with Crippen molar-refractivity contribution in [3.8, 4) is 0 Å². The Morgan fingerprint density at radius 3 is 2.50 bits per heavy atom. The Morgan fingerprint density at radius 2 is 2.20 bits per heavy atom. The van der Waals surface area contributed by atoms with Crippen LogP contribution in [0.25, 0.3) is 0 Å². The van der Waals surface area contributed by atoms with E-state index in [4.69, 9.17) is 0 Å². The summed E-state index contributed by atoms with van der Waals surface area (Å²) in [5.41, 5.74) is -0.129. The van der Waals surface area contributed by atoms with Gasteiger partial charge in [-0.2, -0.15) is 0 Å². The van der Waals surface area contributed by atoms with Crippen LogP contribution in [0.1, 0.15) is 6.92 Å². The third-order valence-electron chi connectivity index (χ3n) is 1.82. The van der Waals surface area contributed by atoms with Crippen molar-refractivity contribution in [2.75, 3.05) is 20.1 Å². The highest BCUT2D eigenvalue weighted by molar-refractivity contribution is 14.1. The molecule has 0 aliphatic carbocycles. The first kappa shape index (κ1) is 8.26. The molecular formula is C6H11IN2O. The smallest absolute Gasteiger partial charge is 0.228 e. The third kappa shape index (κ3) is 1.27. The molecule has 0 aromatic carbocycles. The van der Waals surface area contributed by atoms with Gasteiger partial charge in [0.15, 0.2) is 0 Å². The summed E-state index contributed by atoms with van der Waals surface area (Å²) in [5.74, 6) is 0.153. The lowest BCUT2D eigenvalue weighted by Gasteiger charge is -2.42. The Kier molecular flexibility index (Phi) is 2.19. The molecule has 1 amide bonds. The van der Waals surface area contributed by atoms with Crippen LogP contribution in [0.2, 0.25) is 0 Å². The van der Waals surface area contributed by atoms with Gasteiger partial charge in [-0.15, -0.1) is 0 Å². The lowest BCUT2D eigenvalue weighted by molar-refractivity contribution is -0.134. The maximum absolute atomic E-state index is 11.1. The molecule has 0 radical (unpaired) electrons. The Hall–Kier alpha value is 0.160. The van der Waals surface area contributed by atoms with Crippen LogP contribution in [0.3, 0.4) is 0 Å². The van der Waals surface area contributed by atoms with Gasteiger partial charge in [0.25, 0.3) is 0 Å². The SMILES string of the molecule is CNC(=O)C1(C)CN(I)C1. The van der Waals surface area contributed by atoms with Crippen molar-refractivity contribution in [2.24, 2.45) is 5.41 Å². The normalized spacial score (nSPS) is 23.5. The molecule has 0 atom stereocenters. The molecule has 1 aliphatic rings. The number of halogens is 1. The predicted molar refractivity (Wildman–Crippen MR) is 47.8 cm³/mol. The molecule has 1 aliphatic heterocycles. The molecule has 1 rings (SSSR count). The second-order valence-corrected chi connectivity index (χ2v) is 4.28. The van der Waals surface area contributed by atoms with Crippen LogP contribution in [0, 0.1) is 5.41 Å². The van der Waals surface area contributed by atoms with Crippen LogP contribution in [0.5, 0.6) is 0 Å². The molecule has 0 unspecified atom stereocenters. The van der Waals surface area contributed by atoms with Crippen molar-refractivity contribution in [3.05, 3.63) is 0 Å². The number of hydrogen-bond donors (Lipinski definition) is 1. The van der Waals surface area contributed by atoms with E-state index in [9.17, 15) is 4.79 Å². The van der Waals surface area contributed by atoms with Crippen molar-refractivity contribution < 1.29 is 4.79 Å². The first-order valence-corrected chi connectivity index (χ1v) is 4.18. The zero-order valence-corrected chi connectivity index (χ0v) is 8.31. The molecule has 10 heavy (non-hydrogen) atoms. The van der Waals surface area contributed by atoms with Gasteiger partial charge in [-0.05, 0) is 6.92 Å². The molecule has 1 heterocycles. The van der Waals surface area contributed by atoms with Gasteiger partial charge in [-0.3, -0.25) is 4.79 Å². The minimum absolute atomic E-state index is 0.129. The van der Waals surface area contributed by atoms with Gasteiger partial charge in [0.1, 0.15) is 0 Å². The number of carbonyl (C=O) groups excluding carboxylic acids is 1. The number of nitrogens with one attached hydrogen (secondary N) is 1. The molecule has 0 aromatic heterocycles. The average molecular weight is 254 g/mol. The van der Waals surface area contributed by atoms with Crippen molar-refractivity contribution >= 4 is 28.8 Å². The molecule has 3 nitrogen and oxygen atoms in total. The zero-order chi connectivity index (χ0) is 7.78. The monoisotopic (exact) mass is 254 g/mol. The van der Waals surface area contributed by atoms with Gasteiger partial charge >= 0.3 is 0 Å². The van der Waals surface area contributed by atoms with Crippen molar-refractivity contribution in [1.29, 1.82) is 0 Å². The molecule has 1 N–H and O–H groups in total. The van der Waals surface area contributed by atoms with Gasteiger partial charge in [0.05, 0.1) is 5.41 Å². The summed E-state index contributed by atoms with van der Waals surface area (Å²) < 4.78 is 2.10. The van der Waals surface area contributed by atoms with Crippen LogP contribution >= 0.6 is 22.9 Å². The van der Waals surface area contributed by atoms with E-state index in [1.807, 2.05) is 6.92 Å². The van der Waals surface area contributed by atoms with E-state index in [1.165, 1.54) is 0 Å². The quantitative estimate of drug-likeness (QED) is 0.542. The molecule has 58 valence electrons. The minimum atomic E-state index is -0.129. The van der Waals surface area contributed by atoms with E-state index in [-0.39, 0.29) is 11.3 Å². The van der Waals surface area contributed by atoms with Crippen LogP contribution in [0.15, 0.2) is 0 Å². The van der Waals surface area contributed by atoms with Gasteiger partial charge < -0.3 is 5.32 Å². The van der Waals surface area contributed by atoms with E-state index in [1.54, 1.807) is 7.05 Å². The number of carbonyl (C=O) groups is 1. The fraction of sp³-hybridized carbons (Fsp3) is 0.833. The van der Waals surface area contributed by atoms with Crippen LogP contribution < -0.4 is 5.32 Å². The van der Waals surface area contributed by atoms with Gasteiger partial charge in [0, 0.05) is 43.0 Å². The van der Waals surface area contributed by atoms with E-state index in [0.29, 0.717) is 0 Å². The van der Waals surface area contributed by atoms with Gasteiger partial charge in [0.2, 0.25) is 5.91 Å². The number of nitrogens with zero attached hydrogens (tertiary/aromatic N) is 1. The first-order chi connectivity index (χ1) is 4.58. The van der Waals surface area contributed by atoms with Crippen molar-refractivity contribution in [1.82, 2.24) is 8.43 Å². The summed E-state index contributed by atoms with van der Waals surface area (Å²) in [6.07, 6.45) is 0. The van der Waals surface area contributed by atoms with Crippen LogP contribution in [0.4, 0.5) is 0 Å². The van der Waals surface area contributed by atoms with Gasteiger partial charge in [-0.25, -0.2) is 3.11 Å². The van der Waals surface area contributed by atoms with E-state index < -0.39 is 0 Å². The highest BCUT2D eigenvalue weighted by Gasteiger charge is 2.43. The Balaban J connectivity index is 2.48. The Bertz CT molecular complexity index is 154. The number of hydrogen-bond acceptors (Lipinski definition) is 2. The predicted octanol–water partition coefficient (Wildman–Crippen LogP) is 0.404. The van der Waals surface area contributed by atoms with E-state index in [0.717, 1.165) is 13.1 Å². The molecule has 1 fully saturated rings. The summed E-state index contributed by atoms with van der Waals surface area (Å²) in [5, 5.41) is 2.66. The van der Waals surface area contributed by atoms with Crippen molar-refractivity contribution in [3.63, 3.8) is 0 Å². The van der Waals surface area contributed by atoms with E-state index in [2.05, 4.69) is 31.3 Å². The molecule has 4 heteroatoms. The molecule has 0 saturated carbocycles. The average Bonchev–Trinajstić information content (AvgIpc) is 1.83. The molecule has 0 aromatic rings. The Labute approximate surface area is 74.6 Å². The highest BCUT2D eigenvalue weighted by Crippen LogP contribution is 2.32. The molecule has 1 saturated heterocycles. The summed E-state index contributed by atoms with van der Waals surface area (Å²) in [6.45, 7) is 3.72. The van der Waals surface area contributed by atoms with Crippen LogP contribution in [-0.2, 0) is 4.79 Å². The summed E-state index contributed by atoms with van der Waals surface area (Å²) in [4.78, 5) is 11.1. The summed E-state index contributed by atoms with van der Waals surface area (Å²) in [6, 6.07) is 0. The second kappa shape index (κ2) is 2.65. The lowest BCUT2D eigenvalue weighted by Crippen LogP contribution is -2.57. The topological polar surface area (TPSA) is 32.3 Å². The summed E-state index contributed by atoms with van der Waals surface area (Å²) >= 11 is 2.22. The van der Waals surface area contributed by atoms with Crippen LogP contribution in [-0.4, -0.2) is 29.2 Å². The largest absolute Gasteiger partial charge is 0.359 e. The van der Waals surface area contributed by atoms with Crippen molar-refractivity contribution in [2.45, 2.75) is 6.92 Å².